The molecule has 0 saturated heterocycles. The van der Waals surface area contributed by atoms with E-state index in [1.807, 2.05) is 37.3 Å². The van der Waals surface area contributed by atoms with Crippen LogP contribution in [0, 0.1) is 12.8 Å². The second-order valence-electron chi connectivity index (χ2n) is 9.09. The van der Waals surface area contributed by atoms with E-state index in [1.165, 1.54) is 11.1 Å². The van der Waals surface area contributed by atoms with Crippen LogP contribution < -0.4 is 10.2 Å². The van der Waals surface area contributed by atoms with Crippen molar-refractivity contribution in [2.24, 2.45) is 5.92 Å². The minimum absolute atomic E-state index is 0.0716. The molecule has 4 heteroatoms. The summed E-state index contributed by atoms with van der Waals surface area (Å²) < 4.78 is 5.88. The van der Waals surface area contributed by atoms with Crippen molar-refractivity contribution in [1.82, 2.24) is 9.88 Å². The number of nitrogens with zero attached hydrogens (tertiary/aromatic N) is 1. The molecular weight excluding hydrogens is 408 g/mol. The van der Waals surface area contributed by atoms with Gasteiger partial charge < -0.3 is 9.72 Å². The van der Waals surface area contributed by atoms with Gasteiger partial charge in [0.15, 0.2) is 5.43 Å². The van der Waals surface area contributed by atoms with Crippen LogP contribution in [0.25, 0.3) is 10.9 Å². The highest BCUT2D eigenvalue weighted by Crippen LogP contribution is 2.21. The Bertz CT molecular complexity index is 1210. The number of nitrogens with one attached hydrogen (secondary N) is 1. The van der Waals surface area contributed by atoms with E-state index in [0.717, 1.165) is 35.6 Å². The zero-order valence-electron chi connectivity index (χ0n) is 19.7. The molecule has 4 nitrogen and oxygen atoms in total. The summed E-state index contributed by atoms with van der Waals surface area (Å²) in [5.41, 5.74) is 5.09. The highest BCUT2D eigenvalue weighted by molar-refractivity contribution is 5.81. The van der Waals surface area contributed by atoms with Crippen molar-refractivity contribution in [1.29, 1.82) is 0 Å². The Morgan fingerprint density at radius 1 is 0.848 bits per heavy atom. The fourth-order valence-electron chi connectivity index (χ4n) is 4.05. The Kier molecular flexibility index (Phi) is 7.26. The smallest absolute Gasteiger partial charge is 0.194 e. The largest absolute Gasteiger partial charge is 0.493 e. The topological polar surface area (TPSA) is 45.3 Å². The van der Waals surface area contributed by atoms with Crippen molar-refractivity contribution in [3.05, 3.63) is 111 Å². The zero-order chi connectivity index (χ0) is 23.2. The highest BCUT2D eigenvalue weighted by atomic mass is 16.5. The number of rotatable bonds is 9. The first-order valence-electron chi connectivity index (χ1n) is 11.6. The second-order valence-corrected chi connectivity index (χ2v) is 9.09. The first-order chi connectivity index (χ1) is 16.0. The lowest BCUT2D eigenvalue weighted by atomic mass is 10.1. The number of aromatic amines is 1. The maximum atomic E-state index is 13.6. The molecule has 0 atom stereocenters. The maximum Gasteiger partial charge on any atom is 0.194 e. The Labute approximate surface area is 195 Å². The van der Waals surface area contributed by atoms with E-state index >= 15 is 0 Å². The Balaban J connectivity index is 1.67. The predicted octanol–water partition coefficient (Wildman–Crippen LogP) is 6.07. The quantitative estimate of drug-likeness (QED) is 0.343. The van der Waals surface area contributed by atoms with E-state index in [4.69, 9.17) is 4.74 Å². The third-order valence-corrected chi connectivity index (χ3v) is 5.75. The average molecular weight is 441 g/mol. The van der Waals surface area contributed by atoms with E-state index < -0.39 is 0 Å². The minimum atomic E-state index is 0.0716. The molecule has 0 aliphatic heterocycles. The fraction of sp³-hybridized carbons (Fsp3) is 0.276. The molecule has 0 aliphatic carbocycles. The summed E-state index contributed by atoms with van der Waals surface area (Å²) in [4.78, 5) is 19.3. The number of aromatic nitrogens is 1. The van der Waals surface area contributed by atoms with Gasteiger partial charge in [0.1, 0.15) is 5.75 Å². The van der Waals surface area contributed by atoms with E-state index in [0.29, 0.717) is 24.5 Å². The molecular formula is C29H32N2O2. The molecule has 0 bridgehead atoms. The number of pyridine rings is 1. The van der Waals surface area contributed by atoms with Crippen LogP contribution in [0.2, 0.25) is 0 Å². The standard InChI is InChI=1S/C29H32N2O2/c1-21(2)20-33-25-14-15-28-26(16-25)29(32)27(22(3)30-28)19-31(17-23-10-6-4-7-11-23)18-24-12-8-5-9-13-24/h4-16,21H,17-20H2,1-3H3,(H,30,32). The van der Waals surface area contributed by atoms with Gasteiger partial charge in [-0.3, -0.25) is 9.69 Å². The number of hydrogen-bond donors (Lipinski definition) is 1. The van der Waals surface area contributed by atoms with Crippen LogP contribution in [-0.4, -0.2) is 16.5 Å². The van der Waals surface area contributed by atoms with Crippen LogP contribution in [-0.2, 0) is 19.6 Å². The van der Waals surface area contributed by atoms with Gasteiger partial charge in [-0.2, -0.15) is 0 Å². The van der Waals surface area contributed by atoms with E-state index in [1.54, 1.807) is 0 Å². The van der Waals surface area contributed by atoms with Crippen LogP contribution in [0.4, 0.5) is 0 Å². The van der Waals surface area contributed by atoms with Gasteiger partial charge >= 0.3 is 0 Å². The molecule has 0 radical (unpaired) electrons. The van der Waals surface area contributed by atoms with Gasteiger partial charge in [0.2, 0.25) is 0 Å². The van der Waals surface area contributed by atoms with E-state index in [9.17, 15) is 4.79 Å². The maximum absolute atomic E-state index is 13.6. The molecule has 0 amide bonds. The van der Waals surface area contributed by atoms with Crippen LogP contribution >= 0.6 is 0 Å². The van der Waals surface area contributed by atoms with Crippen molar-refractivity contribution < 1.29 is 4.74 Å². The molecule has 4 rings (SSSR count). The number of fused-ring (bicyclic) bond motifs is 1. The average Bonchev–Trinajstić information content (AvgIpc) is 2.82. The van der Waals surface area contributed by atoms with Crippen molar-refractivity contribution in [3.63, 3.8) is 0 Å². The molecule has 1 heterocycles. The van der Waals surface area contributed by atoms with E-state index in [2.05, 4.69) is 72.3 Å². The van der Waals surface area contributed by atoms with Crippen LogP contribution in [0.5, 0.6) is 5.75 Å². The Hall–Kier alpha value is -3.37. The van der Waals surface area contributed by atoms with Crippen molar-refractivity contribution in [3.8, 4) is 5.75 Å². The molecule has 1 N–H and O–H groups in total. The molecule has 0 fully saturated rings. The predicted molar refractivity (Wildman–Crippen MR) is 135 cm³/mol. The van der Waals surface area contributed by atoms with Crippen molar-refractivity contribution in [2.75, 3.05) is 6.61 Å². The highest BCUT2D eigenvalue weighted by Gasteiger charge is 2.15. The SMILES string of the molecule is Cc1[nH]c2ccc(OCC(C)C)cc2c(=O)c1CN(Cc1ccccc1)Cc1ccccc1. The molecule has 0 unspecified atom stereocenters. The van der Waals surface area contributed by atoms with Crippen LogP contribution in [0.15, 0.2) is 83.7 Å². The lowest BCUT2D eigenvalue weighted by Gasteiger charge is -2.23. The summed E-state index contributed by atoms with van der Waals surface area (Å²) in [7, 11) is 0. The first-order valence-corrected chi connectivity index (χ1v) is 11.6. The molecule has 0 spiro atoms. The van der Waals surface area contributed by atoms with Crippen molar-refractivity contribution >= 4 is 10.9 Å². The van der Waals surface area contributed by atoms with Gasteiger partial charge in [0.05, 0.1) is 6.61 Å². The lowest BCUT2D eigenvalue weighted by molar-refractivity contribution is 0.246. The zero-order valence-corrected chi connectivity index (χ0v) is 19.7. The van der Waals surface area contributed by atoms with Crippen LogP contribution in [0.1, 0.15) is 36.2 Å². The summed E-state index contributed by atoms with van der Waals surface area (Å²) in [6.45, 7) is 8.95. The fourth-order valence-corrected chi connectivity index (χ4v) is 4.05. The van der Waals surface area contributed by atoms with Gasteiger partial charge in [-0.25, -0.2) is 0 Å². The molecule has 0 aliphatic rings. The summed E-state index contributed by atoms with van der Waals surface area (Å²) in [5.74, 6) is 1.17. The number of aryl methyl sites for hydroxylation is 1. The van der Waals surface area contributed by atoms with Gasteiger partial charge in [0, 0.05) is 41.8 Å². The molecule has 170 valence electrons. The number of ether oxygens (including phenoxy) is 1. The van der Waals surface area contributed by atoms with Gasteiger partial charge in [0.25, 0.3) is 0 Å². The summed E-state index contributed by atoms with van der Waals surface area (Å²) in [6, 6.07) is 26.6. The Morgan fingerprint density at radius 3 is 2.03 bits per heavy atom. The lowest BCUT2D eigenvalue weighted by Crippen LogP contribution is -2.27. The van der Waals surface area contributed by atoms with Gasteiger partial charge in [-0.05, 0) is 42.2 Å². The molecule has 33 heavy (non-hydrogen) atoms. The number of benzene rings is 3. The third-order valence-electron chi connectivity index (χ3n) is 5.75. The van der Waals surface area contributed by atoms with Gasteiger partial charge in [-0.15, -0.1) is 0 Å². The molecule has 0 saturated carbocycles. The van der Waals surface area contributed by atoms with Crippen molar-refractivity contribution in [2.45, 2.75) is 40.4 Å². The van der Waals surface area contributed by atoms with Gasteiger partial charge in [-0.1, -0.05) is 74.5 Å². The summed E-state index contributed by atoms with van der Waals surface area (Å²) in [5, 5.41) is 0.677. The molecule has 1 aromatic heterocycles. The third kappa shape index (κ3) is 5.91. The molecule has 4 aromatic rings. The molecule has 3 aromatic carbocycles. The van der Waals surface area contributed by atoms with Crippen LogP contribution in [0.3, 0.4) is 0 Å². The first kappa shape index (κ1) is 22.8. The minimum Gasteiger partial charge on any atom is -0.493 e. The summed E-state index contributed by atoms with van der Waals surface area (Å²) >= 11 is 0. The second kappa shape index (κ2) is 10.5. The normalized spacial score (nSPS) is 11.4. The number of hydrogen-bond acceptors (Lipinski definition) is 3. The van der Waals surface area contributed by atoms with E-state index in [-0.39, 0.29) is 5.43 Å². The monoisotopic (exact) mass is 440 g/mol. The Morgan fingerprint density at radius 2 is 1.45 bits per heavy atom. The summed E-state index contributed by atoms with van der Waals surface area (Å²) in [6.07, 6.45) is 0. The number of H-pyrrole nitrogens is 1.